The number of likely N-dealkylation sites (tertiary alicyclic amines) is 1. The van der Waals surface area contributed by atoms with E-state index >= 15 is 0 Å². The van der Waals surface area contributed by atoms with Gasteiger partial charge in [-0.3, -0.25) is 9.13 Å². The van der Waals surface area contributed by atoms with E-state index in [-0.39, 0.29) is 24.1 Å². The molecular weight excluding hydrogens is 461 g/mol. The molecule has 1 aliphatic heterocycles. The van der Waals surface area contributed by atoms with Crippen LogP contribution in [0, 0.1) is 3.57 Å². The van der Waals surface area contributed by atoms with Crippen LogP contribution in [0.2, 0.25) is 0 Å². The van der Waals surface area contributed by atoms with Gasteiger partial charge < -0.3 is 15.7 Å². The lowest BCUT2D eigenvalue weighted by molar-refractivity contribution is 0.121. The van der Waals surface area contributed by atoms with Gasteiger partial charge in [0.15, 0.2) is 0 Å². The number of nitrogen functional groups attached to an aromatic ring is 1. The maximum atomic E-state index is 13.4. The fourth-order valence-corrected chi connectivity index (χ4v) is 4.07. The largest absolute Gasteiger partial charge is 0.465 e. The summed E-state index contributed by atoms with van der Waals surface area (Å²) in [5, 5.41) is 9.34. The lowest BCUT2D eigenvalue weighted by atomic mass is 10.1. The van der Waals surface area contributed by atoms with Gasteiger partial charge in [-0.25, -0.2) is 14.6 Å². The minimum atomic E-state index is -0.963. The van der Waals surface area contributed by atoms with E-state index in [2.05, 4.69) is 27.6 Å². The van der Waals surface area contributed by atoms with Gasteiger partial charge in [-0.1, -0.05) is 0 Å². The molecule has 1 saturated heterocycles. The van der Waals surface area contributed by atoms with Crippen LogP contribution in [0.1, 0.15) is 18.9 Å². The number of carbonyl (C=O) groups is 1. The van der Waals surface area contributed by atoms with Crippen LogP contribution in [0.15, 0.2) is 41.3 Å². The molecule has 1 aromatic carbocycles. The van der Waals surface area contributed by atoms with Gasteiger partial charge in [0.1, 0.15) is 11.3 Å². The van der Waals surface area contributed by atoms with Crippen LogP contribution in [0.25, 0.3) is 16.7 Å². The third kappa shape index (κ3) is 3.05. The number of aromatic nitrogens is 3. The number of hydrogen-bond acceptors (Lipinski definition) is 4. The van der Waals surface area contributed by atoms with Crippen molar-refractivity contribution in [2.45, 2.75) is 18.9 Å². The number of imidazole rings is 1. The summed E-state index contributed by atoms with van der Waals surface area (Å²) in [6.07, 6.45) is 2.05. The quantitative estimate of drug-likeness (QED) is 0.550. The highest BCUT2D eigenvalue weighted by Gasteiger charge is 2.29. The Morgan fingerprint density at radius 1 is 1.26 bits per heavy atom. The number of piperidine rings is 1. The summed E-state index contributed by atoms with van der Waals surface area (Å²) in [5.41, 5.74) is 7.81. The molecule has 8 nitrogen and oxygen atoms in total. The number of halogens is 1. The summed E-state index contributed by atoms with van der Waals surface area (Å²) in [4.78, 5) is 30.3. The maximum Gasteiger partial charge on any atom is 0.407 e. The first-order valence-corrected chi connectivity index (χ1v) is 9.66. The Hall–Kier alpha value is -2.56. The highest BCUT2D eigenvalue weighted by atomic mass is 127. The number of benzene rings is 1. The van der Waals surface area contributed by atoms with Gasteiger partial charge in [0.2, 0.25) is 0 Å². The minimum absolute atomic E-state index is 0.233. The molecule has 0 saturated carbocycles. The Balaban J connectivity index is 1.93. The molecule has 0 spiro atoms. The average Bonchev–Trinajstić information content (AvgIpc) is 2.96. The Bertz CT molecular complexity index is 1070. The molecule has 1 atom stereocenters. The van der Waals surface area contributed by atoms with Gasteiger partial charge in [0.05, 0.1) is 17.2 Å². The molecule has 0 aliphatic carbocycles. The smallest absolute Gasteiger partial charge is 0.407 e. The summed E-state index contributed by atoms with van der Waals surface area (Å²) >= 11 is 2.21. The van der Waals surface area contributed by atoms with Crippen LogP contribution in [0.4, 0.5) is 10.6 Å². The molecule has 1 fully saturated rings. The summed E-state index contributed by atoms with van der Waals surface area (Å²) in [5.74, 6) is 0.271. The zero-order valence-electron chi connectivity index (χ0n) is 14.4. The molecule has 3 aromatic rings. The van der Waals surface area contributed by atoms with Crippen LogP contribution in [0.5, 0.6) is 0 Å². The number of fused-ring (bicyclic) bond motifs is 1. The number of carboxylic acid groups (broad SMARTS) is 1. The number of hydrogen-bond donors (Lipinski definition) is 2. The Morgan fingerprint density at radius 3 is 2.70 bits per heavy atom. The maximum absolute atomic E-state index is 13.4. The summed E-state index contributed by atoms with van der Waals surface area (Å²) in [7, 11) is 0. The van der Waals surface area contributed by atoms with Crippen molar-refractivity contribution in [1.29, 1.82) is 0 Å². The highest BCUT2D eigenvalue weighted by molar-refractivity contribution is 14.1. The second-order valence-electron chi connectivity index (χ2n) is 6.55. The molecule has 0 unspecified atom stereocenters. The zero-order valence-corrected chi connectivity index (χ0v) is 16.5. The van der Waals surface area contributed by atoms with Gasteiger partial charge >= 0.3 is 11.8 Å². The Kier molecular flexibility index (Phi) is 4.54. The number of amides is 1. The zero-order chi connectivity index (χ0) is 19.1. The third-order valence-electron chi connectivity index (χ3n) is 4.93. The van der Waals surface area contributed by atoms with Crippen LogP contribution in [-0.4, -0.2) is 43.3 Å². The van der Waals surface area contributed by atoms with E-state index in [9.17, 15) is 14.7 Å². The van der Waals surface area contributed by atoms with Gasteiger partial charge in [-0.05, 0) is 65.8 Å². The van der Waals surface area contributed by atoms with Crippen LogP contribution in [0.3, 0.4) is 0 Å². The van der Waals surface area contributed by atoms with Gasteiger partial charge in [0.25, 0.3) is 0 Å². The standard InChI is InChI=1S/C18H18IN5O3/c19-11-3-5-12(6-4-11)24-15-14(7-8-21-16(15)20)23(17(24)25)13-2-1-9-22(10-13)18(26)27/h3-8,13H,1-2,9-10H2,(H2,20,21)(H,26,27)/t13-/m1/s1. The van der Waals surface area contributed by atoms with E-state index in [4.69, 9.17) is 5.73 Å². The van der Waals surface area contributed by atoms with Gasteiger partial charge in [-0.15, -0.1) is 0 Å². The Labute approximate surface area is 168 Å². The van der Waals surface area contributed by atoms with Gasteiger partial charge in [0, 0.05) is 22.9 Å². The first-order valence-electron chi connectivity index (χ1n) is 8.58. The lowest BCUT2D eigenvalue weighted by Gasteiger charge is -2.31. The fraction of sp³-hybridized carbons (Fsp3) is 0.278. The molecule has 2 aromatic heterocycles. The number of anilines is 1. The molecule has 4 rings (SSSR count). The lowest BCUT2D eigenvalue weighted by Crippen LogP contribution is -2.42. The first-order chi connectivity index (χ1) is 13.0. The van der Waals surface area contributed by atoms with Crippen molar-refractivity contribution < 1.29 is 9.90 Å². The Morgan fingerprint density at radius 2 is 2.00 bits per heavy atom. The number of pyridine rings is 1. The van der Waals surface area contributed by atoms with Crippen molar-refractivity contribution in [1.82, 2.24) is 19.0 Å². The predicted molar refractivity (Wildman–Crippen MR) is 110 cm³/mol. The highest BCUT2D eigenvalue weighted by Crippen LogP contribution is 2.28. The molecule has 9 heteroatoms. The number of nitrogens with zero attached hydrogens (tertiary/aromatic N) is 4. The molecule has 140 valence electrons. The normalized spacial score (nSPS) is 17.4. The van der Waals surface area contributed by atoms with Crippen LogP contribution < -0.4 is 11.4 Å². The molecule has 27 heavy (non-hydrogen) atoms. The van der Waals surface area contributed by atoms with Crippen molar-refractivity contribution in [2.24, 2.45) is 0 Å². The van der Waals surface area contributed by atoms with Crippen LogP contribution >= 0.6 is 22.6 Å². The molecular formula is C18H18IN5O3. The molecule has 0 radical (unpaired) electrons. The minimum Gasteiger partial charge on any atom is -0.465 e. The second-order valence-corrected chi connectivity index (χ2v) is 7.80. The molecule has 3 N–H and O–H groups in total. The van der Waals surface area contributed by atoms with Crippen molar-refractivity contribution >= 4 is 45.5 Å². The van der Waals surface area contributed by atoms with Gasteiger partial charge in [-0.2, -0.15) is 0 Å². The topological polar surface area (TPSA) is 106 Å². The summed E-state index contributed by atoms with van der Waals surface area (Å²) in [6.45, 7) is 0.767. The molecule has 1 amide bonds. The van der Waals surface area contributed by atoms with E-state index < -0.39 is 6.09 Å². The SMILES string of the molecule is Nc1nccc2c1n(-c1ccc(I)cc1)c(=O)n2[C@@H]1CCCN(C(=O)O)C1. The van der Waals surface area contributed by atoms with Crippen molar-refractivity contribution in [3.05, 3.63) is 50.6 Å². The third-order valence-corrected chi connectivity index (χ3v) is 5.65. The van der Waals surface area contributed by atoms with Crippen molar-refractivity contribution in [3.8, 4) is 5.69 Å². The second kappa shape index (κ2) is 6.87. The monoisotopic (exact) mass is 479 g/mol. The van der Waals surface area contributed by atoms with Crippen LogP contribution in [-0.2, 0) is 0 Å². The molecule has 0 bridgehead atoms. The van der Waals surface area contributed by atoms with E-state index in [1.165, 1.54) is 4.90 Å². The fourth-order valence-electron chi connectivity index (χ4n) is 3.71. The van der Waals surface area contributed by atoms with Crippen molar-refractivity contribution in [2.75, 3.05) is 18.8 Å². The van der Waals surface area contributed by atoms with E-state index in [1.807, 2.05) is 24.3 Å². The molecule has 1 aliphatic rings. The number of rotatable bonds is 2. The molecule has 3 heterocycles. The summed E-state index contributed by atoms with van der Waals surface area (Å²) < 4.78 is 4.29. The predicted octanol–water partition coefficient (Wildman–Crippen LogP) is 2.69. The van der Waals surface area contributed by atoms with E-state index in [0.29, 0.717) is 29.7 Å². The average molecular weight is 479 g/mol. The van der Waals surface area contributed by atoms with E-state index in [1.54, 1.807) is 21.4 Å². The van der Waals surface area contributed by atoms with E-state index in [0.717, 1.165) is 9.99 Å². The van der Waals surface area contributed by atoms with Crippen molar-refractivity contribution in [3.63, 3.8) is 0 Å². The summed E-state index contributed by atoms with van der Waals surface area (Å²) in [6, 6.07) is 9.09. The first kappa shape index (κ1) is 17.8. The number of nitrogens with two attached hydrogens (primary N) is 1.